The van der Waals surface area contributed by atoms with Crippen molar-refractivity contribution in [2.24, 2.45) is 5.11 Å². The van der Waals surface area contributed by atoms with Gasteiger partial charge in [-0.15, -0.1) is 0 Å². The summed E-state index contributed by atoms with van der Waals surface area (Å²) in [6.45, 7) is 0. The van der Waals surface area contributed by atoms with E-state index in [2.05, 4.69) is 20.1 Å². The van der Waals surface area contributed by atoms with Crippen LogP contribution in [0.4, 0.5) is 11.6 Å². The van der Waals surface area contributed by atoms with Crippen molar-refractivity contribution in [1.29, 1.82) is 0 Å². The third kappa shape index (κ3) is 2.03. The van der Waals surface area contributed by atoms with E-state index in [1.54, 1.807) is 0 Å². The first-order chi connectivity index (χ1) is 7.80. The largest absolute Gasteiger partial charge is 0.771 e. The number of rotatable bonds is 4. The maximum absolute atomic E-state index is 11.1. The minimum atomic E-state index is -3.72. The van der Waals surface area contributed by atoms with Crippen LogP contribution >= 0.6 is 11.6 Å². The lowest BCUT2D eigenvalue weighted by atomic mass is 10.7. The molecule has 0 bridgehead atoms. The molecule has 17 heavy (non-hydrogen) atoms. The fraction of sp³-hybridized carbons (Fsp3) is 0.333. The first kappa shape index (κ1) is 12.5. The molecule has 0 radical (unpaired) electrons. The summed E-state index contributed by atoms with van der Waals surface area (Å²) in [5.74, 6) is -1.16. The molecular formula is C3H2ClN7O6. The summed E-state index contributed by atoms with van der Waals surface area (Å²) in [5, 5.41) is 36.9. The topological polar surface area (TPSA) is 190 Å². The van der Waals surface area contributed by atoms with Crippen molar-refractivity contribution in [2.45, 2.75) is 5.25 Å². The van der Waals surface area contributed by atoms with Gasteiger partial charge in [0.1, 0.15) is 11.6 Å². The van der Waals surface area contributed by atoms with E-state index >= 15 is 0 Å². The van der Waals surface area contributed by atoms with E-state index in [-0.39, 0.29) is 0 Å². The van der Waals surface area contributed by atoms with Gasteiger partial charge in [0.15, 0.2) is 9.85 Å². The number of hydrogen-bond donors (Lipinski definition) is 1. The van der Waals surface area contributed by atoms with Crippen LogP contribution in [-0.4, -0.2) is 30.3 Å². The maximum atomic E-state index is 11.1. The number of hydroxylamine groups is 1. The third-order valence-electron chi connectivity index (χ3n) is 1.39. The van der Waals surface area contributed by atoms with E-state index in [9.17, 15) is 25.4 Å². The third-order valence-corrected chi connectivity index (χ3v) is 1.81. The molecule has 0 aliphatic rings. The van der Waals surface area contributed by atoms with E-state index in [0.717, 1.165) is 0 Å². The highest BCUT2D eigenvalue weighted by Crippen LogP contribution is 2.22. The van der Waals surface area contributed by atoms with Crippen molar-refractivity contribution in [2.75, 3.05) is 5.73 Å². The van der Waals surface area contributed by atoms with Crippen molar-refractivity contribution in [3.05, 3.63) is 25.4 Å². The second-order valence-corrected chi connectivity index (χ2v) is 2.92. The van der Waals surface area contributed by atoms with Crippen LogP contribution in [-0.2, 0) is 0 Å². The normalized spacial score (nSPS) is 12.4. The molecule has 1 aromatic rings. The lowest BCUT2D eigenvalue weighted by Crippen LogP contribution is -2.48. The summed E-state index contributed by atoms with van der Waals surface area (Å²) in [6, 6.07) is 0. The molecule has 14 heteroatoms. The molecule has 0 atom stereocenters. The molecule has 1 rings (SSSR count). The lowest BCUT2D eigenvalue weighted by molar-refractivity contribution is -0.949. The predicted octanol–water partition coefficient (Wildman–Crippen LogP) is -0.351. The average molecular weight is 268 g/mol. The van der Waals surface area contributed by atoms with Crippen LogP contribution in [0, 0.1) is 25.4 Å². The molecule has 0 saturated carbocycles. The van der Waals surface area contributed by atoms with Crippen LogP contribution in [0.5, 0.6) is 0 Å². The smallest absolute Gasteiger partial charge is 0.587 e. The highest BCUT2D eigenvalue weighted by atomic mass is 35.5. The molecule has 1 aromatic heterocycles. The van der Waals surface area contributed by atoms with Crippen molar-refractivity contribution in [3.63, 3.8) is 0 Å². The van der Waals surface area contributed by atoms with E-state index in [1.807, 2.05) is 0 Å². The molecule has 0 saturated heterocycles. The summed E-state index contributed by atoms with van der Waals surface area (Å²) >= 11 is 4.93. The summed E-state index contributed by atoms with van der Waals surface area (Å²) in [7, 11) is 0. The zero-order valence-electron chi connectivity index (χ0n) is 7.59. The first-order valence-corrected chi connectivity index (χ1v) is 3.93. The second kappa shape index (κ2) is 4.12. The minimum absolute atomic E-state index is 0.489. The SMILES string of the molecule is Nc1nonc1N=[N+]([O-])C(Cl)([N+](=O)[O-])[N+](=O)[O-]. The van der Waals surface area contributed by atoms with Gasteiger partial charge in [-0.3, -0.25) is 20.2 Å². The Morgan fingerprint density at radius 1 is 1.29 bits per heavy atom. The molecule has 13 nitrogen and oxygen atoms in total. The van der Waals surface area contributed by atoms with Crippen LogP contribution in [0.1, 0.15) is 0 Å². The molecule has 0 aliphatic heterocycles. The number of nitro groups is 2. The molecule has 1 heterocycles. The molecule has 2 N–H and O–H groups in total. The fourth-order valence-corrected chi connectivity index (χ4v) is 0.654. The standard InChI is InChI=1S/C3H2ClN7O6/c4-3(10(13)14,11(15)16)9(12)6-2-1(5)7-17-8-2/h(H2,5,7). The van der Waals surface area contributed by atoms with Gasteiger partial charge in [0.25, 0.3) is 0 Å². The van der Waals surface area contributed by atoms with E-state index in [1.165, 1.54) is 0 Å². The Bertz CT molecular complexity index is 482. The van der Waals surface area contributed by atoms with Gasteiger partial charge in [0.2, 0.25) is 5.82 Å². The van der Waals surface area contributed by atoms with Gasteiger partial charge >= 0.3 is 11.1 Å². The van der Waals surface area contributed by atoms with Gasteiger partial charge in [0, 0.05) is 5.11 Å². The molecule has 0 aromatic carbocycles. The first-order valence-electron chi connectivity index (χ1n) is 3.55. The van der Waals surface area contributed by atoms with Crippen LogP contribution in [0.2, 0.25) is 0 Å². The lowest BCUT2D eigenvalue weighted by Gasteiger charge is -2.04. The van der Waals surface area contributed by atoms with Gasteiger partial charge in [-0.1, -0.05) is 0 Å². The maximum Gasteiger partial charge on any atom is 0.771 e. The quantitative estimate of drug-likeness (QED) is 0.144. The van der Waals surface area contributed by atoms with Crippen molar-refractivity contribution < 1.29 is 19.3 Å². The highest BCUT2D eigenvalue weighted by molar-refractivity contribution is 6.20. The Hall–Kier alpha value is -2.57. The fourth-order valence-electron chi connectivity index (χ4n) is 0.616. The Morgan fingerprint density at radius 2 is 1.82 bits per heavy atom. The molecule has 0 amide bonds. The number of anilines is 1. The van der Waals surface area contributed by atoms with Gasteiger partial charge in [-0.05, 0) is 10.3 Å². The van der Waals surface area contributed by atoms with E-state index in [0.29, 0.717) is 0 Å². The zero-order chi connectivity index (χ0) is 13.2. The van der Waals surface area contributed by atoms with Gasteiger partial charge in [0.05, 0.1) is 4.86 Å². The Kier molecular flexibility index (Phi) is 3.03. The number of hydrogen-bond acceptors (Lipinski definition) is 10. The molecule has 0 fully saturated rings. The predicted molar refractivity (Wildman–Crippen MR) is 47.0 cm³/mol. The number of nitrogens with two attached hydrogens (primary N) is 1. The average Bonchev–Trinajstić information content (AvgIpc) is 2.62. The Balaban J connectivity index is 3.23. The second-order valence-electron chi connectivity index (χ2n) is 2.41. The number of alkyl halides is 1. The summed E-state index contributed by atoms with van der Waals surface area (Å²) in [6.07, 6.45) is 0. The van der Waals surface area contributed by atoms with Crippen molar-refractivity contribution in [3.8, 4) is 0 Å². The summed E-state index contributed by atoms with van der Waals surface area (Å²) in [4.78, 5) is 16.4. The van der Waals surface area contributed by atoms with Gasteiger partial charge in [-0.2, -0.15) is 0 Å². The number of azo groups is 1. The van der Waals surface area contributed by atoms with Crippen LogP contribution in [0.15, 0.2) is 9.74 Å². The van der Waals surface area contributed by atoms with Gasteiger partial charge < -0.3 is 10.9 Å². The Labute approximate surface area is 95.3 Å². The van der Waals surface area contributed by atoms with Crippen LogP contribution < -0.4 is 5.73 Å². The molecule has 0 spiro atoms. The van der Waals surface area contributed by atoms with Crippen molar-refractivity contribution >= 4 is 23.2 Å². The molecular weight excluding hydrogens is 266 g/mol. The summed E-state index contributed by atoms with van der Waals surface area (Å²) in [5.41, 5.74) is 5.07. The molecule has 0 aliphatic carbocycles. The summed E-state index contributed by atoms with van der Waals surface area (Å²) < 4.78 is 4.01. The zero-order valence-corrected chi connectivity index (χ0v) is 8.34. The number of aromatic nitrogens is 2. The minimum Gasteiger partial charge on any atom is -0.587 e. The van der Waals surface area contributed by atoms with Crippen LogP contribution in [0.3, 0.4) is 0 Å². The van der Waals surface area contributed by atoms with Gasteiger partial charge in [-0.25, -0.2) is 4.63 Å². The molecule has 0 unspecified atom stereocenters. The van der Waals surface area contributed by atoms with E-state index in [4.69, 9.17) is 17.3 Å². The highest BCUT2D eigenvalue weighted by Gasteiger charge is 2.68. The molecule has 92 valence electrons. The van der Waals surface area contributed by atoms with Crippen molar-refractivity contribution in [1.82, 2.24) is 10.3 Å². The number of halogens is 1. The van der Waals surface area contributed by atoms with Crippen LogP contribution in [0.25, 0.3) is 0 Å². The monoisotopic (exact) mass is 267 g/mol. The number of nitrogen functional groups attached to an aromatic ring is 1. The van der Waals surface area contributed by atoms with E-state index < -0.39 is 31.6 Å². The Morgan fingerprint density at radius 3 is 2.18 bits per heavy atom. The number of nitrogens with zero attached hydrogens (tertiary/aromatic N) is 6.